The van der Waals surface area contributed by atoms with Crippen LogP contribution in [0.15, 0.2) is 37.4 Å². The van der Waals surface area contributed by atoms with Crippen LogP contribution in [0, 0.1) is 0 Å². The molecule has 8 heteroatoms. The third kappa shape index (κ3) is 4.29. The SMILES string of the molecule is C=CCOC(=O)c1cc(C(=O)OCC=C)c(C(=O)O)cc1C(=O)O. The summed E-state index contributed by atoms with van der Waals surface area (Å²) in [5, 5.41) is 18.3. The molecule has 2 N–H and O–H groups in total. The predicted molar refractivity (Wildman–Crippen MR) is 81.3 cm³/mol. The average Bonchev–Trinajstić information content (AvgIpc) is 2.55. The second-order valence-electron chi connectivity index (χ2n) is 4.33. The van der Waals surface area contributed by atoms with E-state index in [4.69, 9.17) is 19.7 Å². The minimum Gasteiger partial charge on any atom is -0.478 e. The Balaban J connectivity index is 3.50. The summed E-state index contributed by atoms with van der Waals surface area (Å²) in [6, 6.07) is 1.53. The van der Waals surface area contributed by atoms with E-state index >= 15 is 0 Å². The van der Waals surface area contributed by atoms with Crippen LogP contribution in [0.3, 0.4) is 0 Å². The number of aromatic carboxylic acids is 2. The molecular formula is C16H14O8. The number of carboxylic acid groups (broad SMARTS) is 2. The lowest BCUT2D eigenvalue weighted by Crippen LogP contribution is -2.18. The van der Waals surface area contributed by atoms with Crippen molar-refractivity contribution in [3.8, 4) is 0 Å². The highest BCUT2D eigenvalue weighted by Crippen LogP contribution is 2.20. The first-order valence-electron chi connectivity index (χ1n) is 6.54. The van der Waals surface area contributed by atoms with E-state index in [1.807, 2.05) is 0 Å². The van der Waals surface area contributed by atoms with E-state index in [0.29, 0.717) is 6.07 Å². The van der Waals surface area contributed by atoms with Crippen molar-refractivity contribution in [2.45, 2.75) is 0 Å². The molecule has 0 aliphatic heterocycles. The van der Waals surface area contributed by atoms with Gasteiger partial charge >= 0.3 is 23.9 Å². The minimum absolute atomic E-state index is 0.186. The number of ether oxygens (including phenoxy) is 2. The molecule has 1 aromatic rings. The van der Waals surface area contributed by atoms with Crippen molar-refractivity contribution >= 4 is 23.9 Å². The summed E-state index contributed by atoms with van der Waals surface area (Å²) in [6.07, 6.45) is 2.53. The molecule has 0 amide bonds. The topological polar surface area (TPSA) is 127 Å². The van der Waals surface area contributed by atoms with Gasteiger partial charge in [-0.15, -0.1) is 0 Å². The Morgan fingerprint density at radius 2 is 1.12 bits per heavy atom. The fourth-order valence-electron chi connectivity index (χ4n) is 1.72. The van der Waals surface area contributed by atoms with Crippen LogP contribution >= 0.6 is 0 Å². The van der Waals surface area contributed by atoms with Gasteiger partial charge in [-0.25, -0.2) is 19.2 Å². The van der Waals surface area contributed by atoms with Gasteiger partial charge in [0.1, 0.15) is 13.2 Å². The summed E-state index contributed by atoms with van der Waals surface area (Å²) in [5.74, 6) is -5.17. The Morgan fingerprint density at radius 1 is 0.792 bits per heavy atom. The van der Waals surface area contributed by atoms with Gasteiger partial charge in [0.15, 0.2) is 0 Å². The van der Waals surface area contributed by atoms with E-state index in [-0.39, 0.29) is 13.2 Å². The molecule has 0 atom stereocenters. The average molecular weight is 334 g/mol. The smallest absolute Gasteiger partial charge is 0.339 e. The molecular weight excluding hydrogens is 320 g/mol. The molecule has 0 saturated heterocycles. The molecule has 126 valence electrons. The Hall–Kier alpha value is -3.42. The van der Waals surface area contributed by atoms with E-state index < -0.39 is 46.1 Å². The number of esters is 2. The number of carbonyl (C=O) groups is 4. The summed E-state index contributed by atoms with van der Waals surface area (Å²) in [6.45, 7) is 6.32. The molecule has 0 aliphatic rings. The zero-order chi connectivity index (χ0) is 18.3. The van der Waals surface area contributed by atoms with Gasteiger partial charge in [-0.05, 0) is 12.1 Å². The second-order valence-corrected chi connectivity index (χ2v) is 4.33. The molecule has 0 spiro atoms. The molecule has 0 fully saturated rings. The Labute approximate surface area is 136 Å². The van der Waals surface area contributed by atoms with E-state index in [2.05, 4.69) is 13.2 Å². The zero-order valence-electron chi connectivity index (χ0n) is 12.5. The largest absolute Gasteiger partial charge is 0.478 e. The van der Waals surface area contributed by atoms with Crippen LogP contribution < -0.4 is 0 Å². The van der Waals surface area contributed by atoms with Crippen LogP contribution in [0.2, 0.25) is 0 Å². The van der Waals surface area contributed by atoms with Gasteiger partial charge in [-0.2, -0.15) is 0 Å². The van der Waals surface area contributed by atoms with Crippen LogP contribution in [0.1, 0.15) is 41.4 Å². The number of rotatable bonds is 8. The third-order valence-corrected chi connectivity index (χ3v) is 2.72. The van der Waals surface area contributed by atoms with Gasteiger partial charge in [0, 0.05) is 0 Å². The highest BCUT2D eigenvalue weighted by molar-refractivity contribution is 6.09. The van der Waals surface area contributed by atoms with Crippen molar-refractivity contribution in [1.29, 1.82) is 0 Å². The van der Waals surface area contributed by atoms with Crippen LogP contribution in [-0.2, 0) is 9.47 Å². The summed E-state index contributed by atoms with van der Waals surface area (Å²) in [5.41, 5.74) is -2.16. The van der Waals surface area contributed by atoms with Crippen LogP contribution in [0.25, 0.3) is 0 Å². The maximum atomic E-state index is 11.9. The Morgan fingerprint density at radius 3 is 1.42 bits per heavy atom. The number of benzene rings is 1. The first-order chi connectivity index (χ1) is 11.3. The molecule has 0 saturated carbocycles. The van der Waals surface area contributed by atoms with Gasteiger partial charge in [0.25, 0.3) is 0 Å². The number of carboxylic acids is 2. The quantitative estimate of drug-likeness (QED) is 0.544. The van der Waals surface area contributed by atoms with Crippen molar-refractivity contribution < 1.29 is 38.9 Å². The van der Waals surface area contributed by atoms with Crippen LogP contribution in [0.5, 0.6) is 0 Å². The molecule has 0 bridgehead atoms. The van der Waals surface area contributed by atoms with Gasteiger partial charge in [-0.1, -0.05) is 25.3 Å². The molecule has 8 nitrogen and oxygen atoms in total. The first kappa shape index (κ1) is 18.6. The fourth-order valence-corrected chi connectivity index (χ4v) is 1.72. The lowest BCUT2D eigenvalue weighted by atomic mass is 9.98. The molecule has 0 aliphatic carbocycles. The molecule has 1 aromatic carbocycles. The van der Waals surface area contributed by atoms with E-state index in [1.165, 1.54) is 12.2 Å². The van der Waals surface area contributed by atoms with Crippen molar-refractivity contribution in [2.75, 3.05) is 13.2 Å². The summed E-state index contributed by atoms with van der Waals surface area (Å²) < 4.78 is 9.50. The summed E-state index contributed by atoms with van der Waals surface area (Å²) in [4.78, 5) is 46.5. The molecule has 0 unspecified atom stereocenters. The number of carbonyl (C=O) groups excluding carboxylic acids is 2. The Kier molecular flexibility index (Phi) is 6.42. The molecule has 1 rings (SSSR count). The maximum absolute atomic E-state index is 11.9. The predicted octanol–water partition coefficient (Wildman–Crippen LogP) is 1.77. The first-order valence-corrected chi connectivity index (χ1v) is 6.54. The van der Waals surface area contributed by atoms with E-state index in [9.17, 15) is 19.2 Å². The van der Waals surface area contributed by atoms with Gasteiger partial charge in [0.05, 0.1) is 22.3 Å². The normalized spacial score (nSPS) is 9.67. The fraction of sp³-hybridized carbons (Fsp3) is 0.125. The summed E-state index contributed by atoms with van der Waals surface area (Å²) in [7, 11) is 0. The number of hydrogen-bond donors (Lipinski definition) is 2. The lowest BCUT2D eigenvalue weighted by Gasteiger charge is -2.11. The standard InChI is InChI=1S/C16H14O8/c1-3-5-23-15(21)11-8-12(16(22)24-6-4-2)10(14(19)20)7-9(11)13(17)18/h3-4,7-8H,1-2,5-6H2,(H,17,18)(H,19,20). The van der Waals surface area contributed by atoms with E-state index in [0.717, 1.165) is 6.07 Å². The van der Waals surface area contributed by atoms with Crippen molar-refractivity contribution in [3.63, 3.8) is 0 Å². The van der Waals surface area contributed by atoms with Crippen molar-refractivity contribution in [3.05, 3.63) is 59.7 Å². The monoisotopic (exact) mass is 334 g/mol. The second kappa shape index (κ2) is 8.28. The minimum atomic E-state index is -1.55. The van der Waals surface area contributed by atoms with Gasteiger partial charge in [0.2, 0.25) is 0 Å². The maximum Gasteiger partial charge on any atom is 0.339 e. The Bertz CT molecular complexity index is 660. The van der Waals surface area contributed by atoms with Crippen LogP contribution in [-0.4, -0.2) is 47.3 Å². The van der Waals surface area contributed by atoms with E-state index in [1.54, 1.807) is 0 Å². The molecule has 0 heterocycles. The summed E-state index contributed by atoms with van der Waals surface area (Å²) >= 11 is 0. The van der Waals surface area contributed by atoms with Crippen molar-refractivity contribution in [1.82, 2.24) is 0 Å². The van der Waals surface area contributed by atoms with Gasteiger partial charge in [-0.3, -0.25) is 0 Å². The molecule has 0 aromatic heterocycles. The van der Waals surface area contributed by atoms with Gasteiger partial charge < -0.3 is 19.7 Å². The zero-order valence-corrected chi connectivity index (χ0v) is 12.5. The highest BCUT2D eigenvalue weighted by Gasteiger charge is 2.26. The third-order valence-electron chi connectivity index (χ3n) is 2.72. The van der Waals surface area contributed by atoms with Crippen LogP contribution in [0.4, 0.5) is 0 Å². The number of hydrogen-bond acceptors (Lipinski definition) is 6. The highest BCUT2D eigenvalue weighted by atomic mass is 16.5. The lowest BCUT2D eigenvalue weighted by molar-refractivity contribution is 0.0526. The van der Waals surface area contributed by atoms with Crippen molar-refractivity contribution in [2.24, 2.45) is 0 Å². The molecule has 24 heavy (non-hydrogen) atoms. The molecule has 0 radical (unpaired) electrons.